The highest BCUT2D eigenvalue weighted by Gasteiger charge is 2.57. The summed E-state index contributed by atoms with van der Waals surface area (Å²) in [6, 6.07) is 3.90. The van der Waals surface area contributed by atoms with Crippen LogP contribution in [0.2, 0.25) is 0 Å². The Morgan fingerprint density at radius 3 is 2.50 bits per heavy atom. The number of aliphatic hydroxyl groups is 4. The number of benzene rings is 1. The molecular formula is C30H34O12. The predicted octanol–water partition coefficient (Wildman–Crippen LogP) is 0.458. The molecule has 1 aromatic carbocycles. The minimum atomic E-state index is -1.69. The van der Waals surface area contributed by atoms with Gasteiger partial charge in [-0.15, -0.1) is 0 Å². The zero-order valence-electron chi connectivity index (χ0n) is 22.6. The number of hydrogen-bond acceptors (Lipinski definition) is 12. The predicted molar refractivity (Wildman–Crippen MR) is 144 cm³/mol. The van der Waals surface area contributed by atoms with E-state index >= 15 is 0 Å². The van der Waals surface area contributed by atoms with E-state index in [4.69, 9.17) is 18.9 Å². The quantitative estimate of drug-likeness (QED) is 0.117. The van der Waals surface area contributed by atoms with Crippen molar-refractivity contribution in [2.24, 2.45) is 17.8 Å². The van der Waals surface area contributed by atoms with Crippen molar-refractivity contribution in [3.8, 4) is 11.5 Å². The normalized spacial score (nSPS) is 38.2. The van der Waals surface area contributed by atoms with Crippen molar-refractivity contribution in [1.82, 2.24) is 0 Å². The van der Waals surface area contributed by atoms with Gasteiger partial charge in [0.1, 0.15) is 24.4 Å². The molecule has 0 radical (unpaired) electrons. The molecule has 2 saturated carbocycles. The Balaban J connectivity index is 1.26. The molecule has 1 aromatic rings. The SMILES string of the molecule is C=C1C(=O)O[C@@H]2[C@H]3C(=C)[C@@H](O[C@@H]4O[C@H](CO)[C@@H](OC(=O)/C=C/c5ccc(O)c(O)c5)[C@H](O)[C@H]4O)C[C@H]3C(=C)C[C@@H](O)[C@@H]12. The van der Waals surface area contributed by atoms with Gasteiger partial charge in [0.25, 0.3) is 0 Å². The summed E-state index contributed by atoms with van der Waals surface area (Å²) in [6.45, 7) is 11.4. The highest BCUT2D eigenvalue weighted by Crippen LogP contribution is 2.53. The lowest BCUT2D eigenvalue weighted by atomic mass is 9.81. The lowest BCUT2D eigenvalue weighted by molar-refractivity contribution is -0.309. The first kappa shape index (κ1) is 30.0. The molecule has 0 unspecified atom stereocenters. The van der Waals surface area contributed by atoms with E-state index in [1.807, 2.05) is 0 Å². The number of phenolic OH excluding ortho intramolecular Hbond substituents is 2. The van der Waals surface area contributed by atoms with E-state index in [0.29, 0.717) is 17.6 Å². The summed E-state index contributed by atoms with van der Waals surface area (Å²) in [4.78, 5) is 24.7. The largest absolute Gasteiger partial charge is 0.504 e. The molecular weight excluding hydrogens is 552 g/mol. The van der Waals surface area contributed by atoms with Crippen molar-refractivity contribution < 1.29 is 59.2 Å². The molecule has 5 rings (SSSR count). The number of esters is 2. The fraction of sp³-hybridized carbons (Fsp3) is 0.467. The van der Waals surface area contributed by atoms with Gasteiger partial charge in [-0.05, 0) is 48.1 Å². The second-order valence-electron chi connectivity index (χ2n) is 11.1. The van der Waals surface area contributed by atoms with Gasteiger partial charge < -0.3 is 49.6 Å². The van der Waals surface area contributed by atoms with Crippen LogP contribution in [0.3, 0.4) is 0 Å². The van der Waals surface area contributed by atoms with E-state index in [9.17, 15) is 40.2 Å². The smallest absolute Gasteiger partial charge is 0.334 e. The van der Waals surface area contributed by atoms with Crippen molar-refractivity contribution >= 4 is 18.0 Å². The van der Waals surface area contributed by atoms with Crippen LogP contribution >= 0.6 is 0 Å². The molecule has 0 aromatic heterocycles. The summed E-state index contributed by atoms with van der Waals surface area (Å²) in [5, 5.41) is 61.4. The van der Waals surface area contributed by atoms with Gasteiger partial charge in [0, 0.05) is 17.6 Å². The Hall–Kier alpha value is -3.52. The summed E-state index contributed by atoms with van der Waals surface area (Å²) in [7, 11) is 0. The molecule has 226 valence electrons. The molecule has 2 heterocycles. The first-order valence-electron chi connectivity index (χ1n) is 13.5. The zero-order valence-corrected chi connectivity index (χ0v) is 22.6. The Bertz CT molecular complexity index is 1320. The Morgan fingerprint density at radius 2 is 1.81 bits per heavy atom. The third kappa shape index (κ3) is 5.37. The van der Waals surface area contributed by atoms with Crippen LogP contribution in [0.25, 0.3) is 6.08 Å². The van der Waals surface area contributed by atoms with E-state index in [1.54, 1.807) is 0 Å². The van der Waals surface area contributed by atoms with Crippen LogP contribution in [0.15, 0.2) is 60.7 Å². The first-order valence-corrected chi connectivity index (χ1v) is 13.5. The molecule has 6 N–H and O–H groups in total. The molecule has 4 aliphatic rings. The van der Waals surface area contributed by atoms with Crippen molar-refractivity contribution in [1.29, 1.82) is 0 Å². The Kier molecular flexibility index (Phi) is 8.30. The number of carbonyl (C=O) groups is 2. The summed E-state index contributed by atoms with van der Waals surface area (Å²) < 4.78 is 22.7. The standard InChI is InChI=1S/C30H34O12/c1-12-8-19(34)24-14(3)29(38)42-28(24)23-13(2)20(10-16(12)23)39-30-26(37)25(36)27(21(11-31)40-30)41-22(35)7-5-15-4-6-17(32)18(33)9-15/h4-7,9,16,19-21,23-28,30-34,36-37H,1-3,8,10-11H2/b7-5+/t16-,19+,20-,21+,23-,24+,25+,26+,27+,28+,30+/m0/s1. The monoisotopic (exact) mass is 586 g/mol. The molecule has 0 spiro atoms. The number of fused-ring (bicyclic) bond motifs is 3. The summed E-state index contributed by atoms with van der Waals surface area (Å²) >= 11 is 0. The molecule has 2 aliphatic heterocycles. The highest BCUT2D eigenvalue weighted by atomic mass is 16.7. The van der Waals surface area contributed by atoms with Crippen molar-refractivity contribution in [3.05, 3.63) is 66.3 Å². The van der Waals surface area contributed by atoms with Crippen LogP contribution in [0, 0.1) is 17.8 Å². The van der Waals surface area contributed by atoms with Gasteiger partial charge in [-0.3, -0.25) is 0 Å². The van der Waals surface area contributed by atoms with Gasteiger partial charge in [-0.25, -0.2) is 9.59 Å². The molecule has 42 heavy (non-hydrogen) atoms. The minimum absolute atomic E-state index is 0.190. The summed E-state index contributed by atoms with van der Waals surface area (Å²) in [5.41, 5.74) is 1.84. The second-order valence-corrected chi connectivity index (χ2v) is 11.1. The van der Waals surface area contributed by atoms with Crippen molar-refractivity contribution in [2.45, 2.75) is 61.9 Å². The zero-order chi connectivity index (χ0) is 30.5. The molecule has 0 amide bonds. The van der Waals surface area contributed by atoms with Crippen molar-refractivity contribution in [3.63, 3.8) is 0 Å². The number of phenols is 2. The van der Waals surface area contributed by atoms with Crippen LogP contribution in [0.5, 0.6) is 11.5 Å². The topological polar surface area (TPSA) is 192 Å². The Labute approximate surface area is 241 Å². The maximum Gasteiger partial charge on any atom is 0.334 e. The number of aliphatic hydroxyl groups excluding tert-OH is 4. The number of carbonyl (C=O) groups excluding carboxylic acids is 2. The van der Waals surface area contributed by atoms with Crippen LogP contribution in [0.4, 0.5) is 0 Å². The maximum absolute atomic E-state index is 12.5. The van der Waals surface area contributed by atoms with Crippen LogP contribution in [-0.2, 0) is 28.5 Å². The average Bonchev–Trinajstić information content (AvgIpc) is 3.40. The van der Waals surface area contributed by atoms with Gasteiger partial charge >= 0.3 is 11.9 Å². The van der Waals surface area contributed by atoms with Gasteiger partial charge in [-0.2, -0.15) is 0 Å². The van der Waals surface area contributed by atoms with E-state index in [-0.39, 0.29) is 29.4 Å². The fourth-order valence-corrected chi connectivity index (χ4v) is 6.36. The molecule has 2 aliphatic carbocycles. The maximum atomic E-state index is 12.5. The molecule has 2 saturated heterocycles. The van der Waals surface area contributed by atoms with Gasteiger partial charge in [0.15, 0.2) is 23.9 Å². The van der Waals surface area contributed by atoms with Gasteiger partial charge in [-0.1, -0.05) is 31.4 Å². The van der Waals surface area contributed by atoms with E-state index in [2.05, 4.69) is 19.7 Å². The van der Waals surface area contributed by atoms with Crippen LogP contribution < -0.4 is 0 Å². The lowest BCUT2D eigenvalue weighted by Crippen LogP contribution is -2.60. The number of aromatic hydroxyl groups is 2. The molecule has 11 atom stereocenters. The molecule has 12 heteroatoms. The molecule has 0 bridgehead atoms. The third-order valence-electron chi connectivity index (χ3n) is 8.55. The van der Waals surface area contributed by atoms with E-state index in [1.165, 1.54) is 24.3 Å². The van der Waals surface area contributed by atoms with Gasteiger partial charge in [0.05, 0.1) is 24.7 Å². The van der Waals surface area contributed by atoms with Crippen LogP contribution in [0.1, 0.15) is 18.4 Å². The first-order chi connectivity index (χ1) is 19.9. The minimum Gasteiger partial charge on any atom is -0.504 e. The van der Waals surface area contributed by atoms with Crippen molar-refractivity contribution in [2.75, 3.05) is 6.61 Å². The number of rotatable bonds is 6. The summed E-state index contributed by atoms with van der Waals surface area (Å²) in [5.74, 6) is -3.51. The Morgan fingerprint density at radius 1 is 1.07 bits per heavy atom. The average molecular weight is 587 g/mol. The lowest BCUT2D eigenvalue weighted by Gasteiger charge is -2.42. The summed E-state index contributed by atoms with van der Waals surface area (Å²) in [6.07, 6.45) is -6.91. The molecule has 4 fully saturated rings. The highest BCUT2D eigenvalue weighted by molar-refractivity contribution is 5.91. The molecule has 12 nitrogen and oxygen atoms in total. The number of hydrogen-bond donors (Lipinski definition) is 6. The van der Waals surface area contributed by atoms with E-state index in [0.717, 1.165) is 11.6 Å². The third-order valence-corrected chi connectivity index (χ3v) is 8.55. The van der Waals surface area contributed by atoms with Gasteiger partial charge in [0.2, 0.25) is 0 Å². The van der Waals surface area contributed by atoms with Crippen LogP contribution in [-0.4, -0.2) is 98.2 Å². The second kappa shape index (κ2) is 11.6. The van der Waals surface area contributed by atoms with E-state index < -0.39 is 79.4 Å². The fourth-order valence-electron chi connectivity index (χ4n) is 6.36. The number of ether oxygens (including phenoxy) is 4.